The van der Waals surface area contributed by atoms with Crippen molar-refractivity contribution in [3.8, 4) is 0 Å². The molecule has 2 aromatic rings. The van der Waals surface area contributed by atoms with E-state index in [-0.39, 0.29) is 12.6 Å². The summed E-state index contributed by atoms with van der Waals surface area (Å²) in [6.45, 7) is 0.384. The monoisotopic (exact) mass is 324 g/mol. The summed E-state index contributed by atoms with van der Waals surface area (Å²) in [5.41, 5.74) is 2.30. The van der Waals surface area contributed by atoms with Crippen LogP contribution in [0.4, 0.5) is 10.5 Å². The van der Waals surface area contributed by atoms with Gasteiger partial charge in [0.25, 0.3) is 0 Å². The van der Waals surface area contributed by atoms with Crippen LogP contribution in [0.3, 0.4) is 0 Å². The van der Waals surface area contributed by atoms with Gasteiger partial charge in [-0.25, -0.2) is 4.79 Å². The molecule has 0 heterocycles. The summed E-state index contributed by atoms with van der Waals surface area (Å²) in [5, 5.41) is 15.2. The fourth-order valence-corrected chi connectivity index (χ4v) is 2.27. The molecule has 0 aromatic heterocycles. The Morgan fingerprint density at radius 2 is 1.57 bits per heavy atom. The van der Waals surface area contributed by atoms with Gasteiger partial charge in [0.2, 0.25) is 0 Å². The molecule has 110 valence electrons. The number of hydrogen-bond donors (Lipinski definition) is 3. The molecule has 21 heavy (non-hydrogen) atoms. The number of anilines is 1. The van der Waals surface area contributed by atoms with E-state index in [2.05, 4.69) is 10.6 Å². The van der Waals surface area contributed by atoms with Gasteiger partial charge in [0.15, 0.2) is 0 Å². The van der Waals surface area contributed by atoms with Crippen LogP contribution < -0.4 is 10.6 Å². The molecule has 0 aliphatic rings. The summed E-state index contributed by atoms with van der Waals surface area (Å²) in [4.78, 5) is 11.8. The number of aliphatic hydroxyl groups is 1. The molecule has 2 aromatic carbocycles. The fraction of sp³-hybridized carbons (Fsp3) is 0.133. The lowest BCUT2D eigenvalue weighted by Gasteiger charge is -2.09. The fourth-order valence-electron chi connectivity index (χ4n) is 1.75. The molecule has 2 rings (SSSR count). The van der Waals surface area contributed by atoms with Gasteiger partial charge < -0.3 is 15.7 Å². The first kappa shape index (κ1) is 15.6. The number of amides is 2. The summed E-state index contributed by atoms with van der Waals surface area (Å²) in [6.07, 6.45) is 0. The third-order valence-corrected chi connectivity index (χ3v) is 3.22. The van der Waals surface area contributed by atoms with Crippen molar-refractivity contribution in [1.82, 2.24) is 5.32 Å². The van der Waals surface area contributed by atoms with Crippen LogP contribution in [0.25, 0.3) is 0 Å². The molecule has 0 aliphatic heterocycles. The lowest BCUT2D eigenvalue weighted by Crippen LogP contribution is -2.28. The first-order valence-corrected chi connectivity index (χ1v) is 7.02. The quantitative estimate of drug-likeness (QED) is 0.800. The first-order valence-electron chi connectivity index (χ1n) is 6.26. The average molecular weight is 325 g/mol. The van der Waals surface area contributed by atoms with Crippen LogP contribution in [-0.4, -0.2) is 11.1 Å². The molecular weight excluding hydrogens is 311 g/mol. The van der Waals surface area contributed by atoms with Gasteiger partial charge in [-0.05, 0) is 29.3 Å². The van der Waals surface area contributed by atoms with E-state index in [1.165, 1.54) is 0 Å². The van der Waals surface area contributed by atoms with Crippen LogP contribution in [0, 0.1) is 0 Å². The van der Waals surface area contributed by atoms with Crippen molar-refractivity contribution < 1.29 is 9.90 Å². The molecule has 0 aliphatic carbocycles. The smallest absolute Gasteiger partial charge is 0.319 e. The summed E-state index contributed by atoms with van der Waals surface area (Å²) < 4.78 is 0. The Kier molecular flexibility index (Phi) is 5.44. The van der Waals surface area contributed by atoms with E-state index in [4.69, 9.17) is 28.3 Å². The number of rotatable bonds is 4. The van der Waals surface area contributed by atoms with E-state index in [9.17, 15) is 4.79 Å². The van der Waals surface area contributed by atoms with Gasteiger partial charge in [0.1, 0.15) is 0 Å². The van der Waals surface area contributed by atoms with E-state index >= 15 is 0 Å². The van der Waals surface area contributed by atoms with E-state index in [0.717, 1.165) is 11.1 Å². The number of benzene rings is 2. The van der Waals surface area contributed by atoms with Gasteiger partial charge in [-0.2, -0.15) is 0 Å². The summed E-state index contributed by atoms with van der Waals surface area (Å²) in [7, 11) is 0. The highest BCUT2D eigenvalue weighted by atomic mass is 35.5. The van der Waals surface area contributed by atoms with E-state index in [1.54, 1.807) is 18.2 Å². The molecule has 2 amide bonds. The predicted octanol–water partition coefficient (Wildman–Crippen LogP) is 3.81. The van der Waals surface area contributed by atoms with E-state index in [0.29, 0.717) is 22.3 Å². The Morgan fingerprint density at radius 3 is 2.14 bits per heavy atom. The van der Waals surface area contributed by atoms with Crippen molar-refractivity contribution in [3.63, 3.8) is 0 Å². The molecule has 0 saturated carbocycles. The number of urea groups is 1. The molecule has 0 spiro atoms. The number of carbonyl (C=O) groups is 1. The topological polar surface area (TPSA) is 61.4 Å². The van der Waals surface area contributed by atoms with Crippen LogP contribution in [0.15, 0.2) is 42.5 Å². The average Bonchev–Trinajstić information content (AvgIpc) is 2.44. The third-order valence-electron chi connectivity index (χ3n) is 2.78. The maximum atomic E-state index is 11.8. The van der Waals surface area contributed by atoms with Crippen LogP contribution in [-0.2, 0) is 13.2 Å². The van der Waals surface area contributed by atoms with Crippen LogP contribution in [0.2, 0.25) is 10.0 Å². The highest BCUT2D eigenvalue weighted by Crippen LogP contribution is 2.22. The van der Waals surface area contributed by atoms with E-state index in [1.807, 2.05) is 24.3 Å². The number of carbonyl (C=O) groups excluding carboxylic acids is 1. The van der Waals surface area contributed by atoms with Gasteiger partial charge >= 0.3 is 6.03 Å². The Morgan fingerprint density at radius 1 is 1.00 bits per heavy atom. The van der Waals surface area contributed by atoms with Crippen molar-refractivity contribution >= 4 is 34.9 Å². The molecule has 0 unspecified atom stereocenters. The molecule has 0 radical (unpaired) electrons. The van der Waals surface area contributed by atoms with Gasteiger partial charge in [-0.3, -0.25) is 0 Å². The minimum atomic E-state index is -0.348. The highest BCUT2D eigenvalue weighted by molar-refractivity contribution is 6.35. The van der Waals surface area contributed by atoms with Crippen molar-refractivity contribution in [2.45, 2.75) is 13.2 Å². The van der Waals surface area contributed by atoms with Gasteiger partial charge in [0.05, 0.1) is 6.61 Å². The Bertz CT molecular complexity index is 610. The van der Waals surface area contributed by atoms with Gasteiger partial charge in [-0.15, -0.1) is 0 Å². The molecule has 0 atom stereocenters. The number of aliphatic hydroxyl groups excluding tert-OH is 1. The molecule has 4 nitrogen and oxygen atoms in total. The van der Waals surface area contributed by atoms with Crippen LogP contribution in [0.1, 0.15) is 11.1 Å². The summed E-state index contributed by atoms with van der Waals surface area (Å²) >= 11 is 11.7. The predicted molar refractivity (Wildman–Crippen MR) is 84.7 cm³/mol. The molecule has 0 saturated heterocycles. The minimum absolute atomic E-state index is 0.00369. The zero-order valence-corrected chi connectivity index (χ0v) is 12.6. The number of hydrogen-bond acceptors (Lipinski definition) is 2. The Labute approximate surface area is 132 Å². The largest absolute Gasteiger partial charge is 0.392 e. The lowest BCUT2D eigenvalue weighted by atomic mass is 10.1. The minimum Gasteiger partial charge on any atom is -0.392 e. The van der Waals surface area contributed by atoms with Crippen molar-refractivity contribution in [3.05, 3.63) is 63.6 Å². The maximum Gasteiger partial charge on any atom is 0.319 e. The Hall–Kier alpha value is -1.75. The van der Waals surface area contributed by atoms with Crippen molar-refractivity contribution in [1.29, 1.82) is 0 Å². The maximum absolute atomic E-state index is 11.8. The molecule has 0 fully saturated rings. The second-order valence-corrected chi connectivity index (χ2v) is 5.31. The third kappa shape index (κ3) is 4.93. The summed E-state index contributed by atoms with van der Waals surface area (Å²) in [5.74, 6) is 0. The second-order valence-electron chi connectivity index (χ2n) is 4.44. The van der Waals surface area contributed by atoms with E-state index < -0.39 is 0 Å². The van der Waals surface area contributed by atoms with Gasteiger partial charge in [0, 0.05) is 22.3 Å². The molecule has 0 bridgehead atoms. The zero-order chi connectivity index (χ0) is 15.2. The molecule has 6 heteroatoms. The standard InChI is InChI=1S/C15H14Cl2N2O2/c16-12-5-13(17)7-14(6-12)19-15(21)18-8-10-1-3-11(9-20)4-2-10/h1-7,20H,8-9H2,(H2,18,19,21). The van der Waals surface area contributed by atoms with Crippen LogP contribution >= 0.6 is 23.2 Å². The highest BCUT2D eigenvalue weighted by Gasteiger charge is 2.04. The first-order chi connectivity index (χ1) is 10.1. The van der Waals surface area contributed by atoms with Crippen molar-refractivity contribution in [2.24, 2.45) is 0 Å². The zero-order valence-electron chi connectivity index (χ0n) is 11.1. The van der Waals surface area contributed by atoms with Crippen LogP contribution in [0.5, 0.6) is 0 Å². The Balaban J connectivity index is 1.89. The van der Waals surface area contributed by atoms with Gasteiger partial charge in [-0.1, -0.05) is 47.5 Å². The van der Waals surface area contributed by atoms with Crippen molar-refractivity contribution in [2.75, 3.05) is 5.32 Å². The summed E-state index contributed by atoms with van der Waals surface area (Å²) in [6, 6.07) is 11.8. The molecular formula is C15H14Cl2N2O2. The SMILES string of the molecule is O=C(NCc1ccc(CO)cc1)Nc1cc(Cl)cc(Cl)c1. The second kappa shape index (κ2) is 7.31. The number of nitrogens with one attached hydrogen (secondary N) is 2. The molecule has 3 N–H and O–H groups in total. The lowest BCUT2D eigenvalue weighted by molar-refractivity contribution is 0.251. The normalized spacial score (nSPS) is 10.2. The number of halogens is 2.